The van der Waals surface area contributed by atoms with Crippen LogP contribution in [0.4, 0.5) is 4.39 Å². The van der Waals surface area contributed by atoms with Crippen molar-refractivity contribution in [3.63, 3.8) is 0 Å². The number of halogens is 1. The lowest BCUT2D eigenvalue weighted by Crippen LogP contribution is -1.78. The first-order valence-electron chi connectivity index (χ1n) is 3.87. The molecule has 1 aromatic carbocycles. The van der Waals surface area contributed by atoms with Gasteiger partial charge in [0, 0.05) is 0 Å². The number of thiazole rings is 1. The van der Waals surface area contributed by atoms with Gasteiger partial charge in [-0.2, -0.15) is 0 Å². The maximum absolute atomic E-state index is 12.6. The third kappa shape index (κ3) is 1.60. The summed E-state index contributed by atoms with van der Waals surface area (Å²) in [7, 11) is 0. The minimum Gasteiger partial charge on any atom is -0.238 e. The van der Waals surface area contributed by atoms with Crippen LogP contribution in [-0.2, 0) is 0 Å². The van der Waals surface area contributed by atoms with E-state index in [2.05, 4.69) is 10.5 Å². The maximum atomic E-state index is 12.6. The molecule has 0 bridgehead atoms. The molecule has 0 aliphatic heterocycles. The van der Waals surface area contributed by atoms with E-state index in [1.165, 1.54) is 23.5 Å². The van der Waals surface area contributed by atoms with Crippen molar-refractivity contribution in [2.75, 3.05) is 0 Å². The van der Waals surface area contributed by atoms with Crippen LogP contribution >= 0.6 is 11.3 Å². The van der Waals surface area contributed by atoms with Crippen LogP contribution < -0.4 is 0 Å². The Labute approximate surface area is 79.9 Å². The van der Waals surface area contributed by atoms with Gasteiger partial charge in [-0.15, -0.1) is 11.3 Å². The zero-order valence-electron chi connectivity index (χ0n) is 7.04. The van der Waals surface area contributed by atoms with Crippen LogP contribution in [0.5, 0.6) is 0 Å². The van der Waals surface area contributed by atoms with Gasteiger partial charge in [0.15, 0.2) is 5.51 Å². The SMILES string of the molecule is Cc1n[c]sc1-c1ccc(F)cc1. The van der Waals surface area contributed by atoms with E-state index in [9.17, 15) is 4.39 Å². The standard InChI is InChI=1S/C10H7FNS/c1-7-10(13-6-12-7)8-2-4-9(11)5-3-8/h2-5H,1H3. The Morgan fingerprint density at radius 3 is 2.54 bits per heavy atom. The number of aryl methyl sites for hydroxylation is 1. The van der Waals surface area contributed by atoms with Crippen LogP contribution in [0.3, 0.4) is 0 Å². The van der Waals surface area contributed by atoms with Crippen LogP contribution in [0.2, 0.25) is 0 Å². The Balaban J connectivity index is 2.47. The van der Waals surface area contributed by atoms with E-state index in [1.54, 1.807) is 12.1 Å². The highest BCUT2D eigenvalue weighted by molar-refractivity contribution is 7.12. The molecule has 1 nitrogen and oxygen atoms in total. The predicted octanol–water partition coefficient (Wildman–Crippen LogP) is 3.06. The fourth-order valence-corrected chi connectivity index (χ4v) is 1.85. The zero-order valence-corrected chi connectivity index (χ0v) is 7.86. The van der Waals surface area contributed by atoms with Crippen LogP contribution in [-0.4, -0.2) is 4.98 Å². The molecule has 1 aromatic heterocycles. The molecule has 0 aliphatic rings. The Morgan fingerprint density at radius 2 is 2.00 bits per heavy atom. The molecule has 0 amide bonds. The third-order valence-electron chi connectivity index (χ3n) is 1.80. The lowest BCUT2D eigenvalue weighted by molar-refractivity contribution is 0.628. The minimum absolute atomic E-state index is 0.213. The fourth-order valence-electron chi connectivity index (χ4n) is 1.13. The van der Waals surface area contributed by atoms with E-state index >= 15 is 0 Å². The lowest BCUT2D eigenvalue weighted by atomic mass is 10.1. The molecule has 0 aliphatic carbocycles. The van der Waals surface area contributed by atoms with Crippen LogP contribution in [0.25, 0.3) is 10.4 Å². The number of hydrogen-bond acceptors (Lipinski definition) is 2. The van der Waals surface area contributed by atoms with Crippen molar-refractivity contribution in [2.24, 2.45) is 0 Å². The van der Waals surface area contributed by atoms with Crippen LogP contribution in [0.1, 0.15) is 5.69 Å². The molecule has 0 spiro atoms. The summed E-state index contributed by atoms with van der Waals surface area (Å²) in [6, 6.07) is 6.41. The quantitative estimate of drug-likeness (QED) is 0.676. The predicted molar refractivity (Wildman–Crippen MR) is 51.1 cm³/mol. The zero-order chi connectivity index (χ0) is 9.26. The molecule has 2 rings (SSSR count). The van der Waals surface area contributed by atoms with Gasteiger partial charge in [-0.1, -0.05) is 12.1 Å². The first kappa shape index (κ1) is 8.38. The number of hydrogen-bond donors (Lipinski definition) is 0. The summed E-state index contributed by atoms with van der Waals surface area (Å²) in [5.41, 5.74) is 4.75. The number of aromatic nitrogens is 1. The second-order valence-electron chi connectivity index (χ2n) is 2.73. The van der Waals surface area contributed by atoms with Crippen molar-refractivity contribution in [3.05, 3.63) is 41.3 Å². The number of rotatable bonds is 1. The van der Waals surface area contributed by atoms with Crippen molar-refractivity contribution in [1.29, 1.82) is 0 Å². The Morgan fingerprint density at radius 1 is 1.31 bits per heavy atom. The molecule has 65 valence electrons. The highest BCUT2D eigenvalue weighted by Crippen LogP contribution is 2.26. The molecule has 1 radical (unpaired) electrons. The van der Waals surface area contributed by atoms with E-state index in [0.717, 1.165) is 16.1 Å². The second-order valence-corrected chi connectivity index (χ2v) is 3.52. The summed E-state index contributed by atoms with van der Waals surface area (Å²) >= 11 is 1.45. The average Bonchev–Trinajstić information content (AvgIpc) is 2.53. The second kappa shape index (κ2) is 3.26. The summed E-state index contributed by atoms with van der Waals surface area (Å²) in [5.74, 6) is -0.213. The van der Waals surface area contributed by atoms with Gasteiger partial charge in [0.05, 0.1) is 10.6 Å². The molecule has 1 heterocycles. The van der Waals surface area contributed by atoms with E-state index in [-0.39, 0.29) is 5.82 Å². The van der Waals surface area contributed by atoms with Gasteiger partial charge in [0.25, 0.3) is 0 Å². The first-order valence-corrected chi connectivity index (χ1v) is 4.68. The molecule has 0 unspecified atom stereocenters. The van der Waals surface area contributed by atoms with Gasteiger partial charge in [0.2, 0.25) is 0 Å². The normalized spacial score (nSPS) is 10.3. The van der Waals surface area contributed by atoms with Crippen molar-refractivity contribution in [2.45, 2.75) is 6.92 Å². The Bertz CT molecular complexity index is 405. The Kier molecular flexibility index (Phi) is 2.10. The summed E-state index contributed by atoms with van der Waals surface area (Å²) in [6.45, 7) is 1.92. The van der Waals surface area contributed by atoms with E-state index in [0.29, 0.717) is 0 Å². The molecule has 0 fully saturated rings. The van der Waals surface area contributed by atoms with Crippen molar-refractivity contribution in [1.82, 2.24) is 4.98 Å². The summed E-state index contributed by atoms with van der Waals surface area (Å²) < 4.78 is 12.6. The Hall–Kier alpha value is -1.22. The van der Waals surface area contributed by atoms with E-state index in [4.69, 9.17) is 0 Å². The van der Waals surface area contributed by atoms with Gasteiger partial charge in [-0.05, 0) is 24.6 Å². The van der Waals surface area contributed by atoms with E-state index < -0.39 is 0 Å². The summed E-state index contributed by atoms with van der Waals surface area (Å²) in [4.78, 5) is 5.07. The minimum atomic E-state index is -0.213. The van der Waals surface area contributed by atoms with Crippen molar-refractivity contribution in [3.8, 4) is 10.4 Å². The molecular formula is C10H7FNS. The van der Waals surface area contributed by atoms with Crippen LogP contribution in [0, 0.1) is 18.3 Å². The first-order chi connectivity index (χ1) is 6.27. The summed E-state index contributed by atoms with van der Waals surface area (Å²) in [5, 5.41) is 0. The van der Waals surface area contributed by atoms with Crippen molar-refractivity contribution < 1.29 is 4.39 Å². The molecule has 2 aromatic rings. The fraction of sp³-hybridized carbons (Fsp3) is 0.100. The van der Waals surface area contributed by atoms with Crippen LogP contribution in [0.15, 0.2) is 24.3 Å². The van der Waals surface area contributed by atoms with Gasteiger partial charge in [-0.3, -0.25) is 0 Å². The molecule has 3 heteroatoms. The average molecular weight is 192 g/mol. The lowest BCUT2D eigenvalue weighted by Gasteiger charge is -1.97. The summed E-state index contributed by atoms with van der Waals surface area (Å²) in [6.07, 6.45) is 0. The maximum Gasteiger partial charge on any atom is 0.153 e. The molecule has 0 saturated heterocycles. The molecule has 13 heavy (non-hydrogen) atoms. The number of nitrogens with zero attached hydrogens (tertiary/aromatic N) is 1. The monoisotopic (exact) mass is 192 g/mol. The largest absolute Gasteiger partial charge is 0.238 e. The smallest absolute Gasteiger partial charge is 0.153 e. The van der Waals surface area contributed by atoms with Gasteiger partial charge >= 0.3 is 0 Å². The molecule has 0 N–H and O–H groups in total. The van der Waals surface area contributed by atoms with Gasteiger partial charge in [0.1, 0.15) is 5.82 Å². The van der Waals surface area contributed by atoms with E-state index in [1.807, 2.05) is 6.92 Å². The van der Waals surface area contributed by atoms with Crippen molar-refractivity contribution >= 4 is 11.3 Å². The van der Waals surface area contributed by atoms with Gasteiger partial charge in [-0.25, -0.2) is 9.37 Å². The van der Waals surface area contributed by atoms with Gasteiger partial charge < -0.3 is 0 Å². The molecular weight excluding hydrogens is 185 g/mol. The molecule has 0 saturated carbocycles. The number of benzene rings is 1. The topological polar surface area (TPSA) is 12.9 Å². The highest BCUT2D eigenvalue weighted by Gasteiger charge is 2.04. The molecule has 0 atom stereocenters. The highest BCUT2D eigenvalue weighted by atomic mass is 32.1. The third-order valence-corrected chi connectivity index (χ3v) is 2.71.